The Morgan fingerprint density at radius 1 is 0.952 bits per heavy atom. The number of carbonyl (C=O) groups is 1. The van der Waals surface area contributed by atoms with Crippen molar-refractivity contribution >= 4 is 11.6 Å². The second-order valence-corrected chi connectivity index (χ2v) is 4.63. The molecular weight excluding hydrogens is 264 g/mol. The summed E-state index contributed by atoms with van der Waals surface area (Å²) in [7, 11) is 0. The van der Waals surface area contributed by atoms with E-state index >= 15 is 0 Å². The van der Waals surface area contributed by atoms with E-state index in [2.05, 4.69) is 15.5 Å². The number of hydrogen-bond donors (Lipinski definition) is 1. The average molecular weight is 278 g/mol. The summed E-state index contributed by atoms with van der Waals surface area (Å²) in [5.74, 6) is -0.0294. The van der Waals surface area contributed by atoms with Crippen LogP contribution in [0.3, 0.4) is 0 Å². The summed E-state index contributed by atoms with van der Waals surface area (Å²) < 4.78 is 1.80. The zero-order valence-corrected chi connectivity index (χ0v) is 11.3. The number of anilines is 1. The lowest BCUT2D eigenvalue weighted by Gasteiger charge is -2.07. The molecule has 1 amide bonds. The minimum atomic E-state index is -0.0294. The number of aromatic nitrogens is 3. The van der Waals surface area contributed by atoms with Crippen molar-refractivity contribution in [1.82, 2.24) is 14.8 Å². The Kier molecular flexibility index (Phi) is 3.73. The van der Waals surface area contributed by atoms with Gasteiger partial charge >= 0.3 is 0 Å². The van der Waals surface area contributed by atoms with E-state index in [-0.39, 0.29) is 5.91 Å². The highest BCUT2D eigenvalue weighted by atomic mass is 16.1. The SMILES string of the molecule is O=C(Cc1ccccc1)Nc1ccc(-n2cnnc2)cc1. The highest BCUT2D eigenvalue weighted by Gasteiger charge is 2.04. The Morgan fingerprint density at radius 3 is 2.29 bits per heavy atom. The maximum absolute atomic E-state index is 12.0. The van der Waals surface area contributed by atoms with Crippen molar-refractivity contribution in [3.8, 4) is 5.69 Å². The third-order valence-electron chi connectivity index (χ3n) is 3.08. The van der Waals surface area contributed by atoms with Crippen molar-refractivity contribution in [1.29, 1.82) is 0 Å². The van der Waals surface area contributed by atoms with Gasteiger partial charge in [0.05, 0.1) is 6.42 Å². The summed E-state index contributed by atoms with van der Waals surface area (Å²) in [6.07, 6.45) is 3.63. The molecule has 0 spiro atoms. The molecule has 1 N–H and O–H groups in total. The van der Waals surface area contributed by atoms with Crippen molar-refractivity contribution in [2.75, 3.05) is 5.32 Å². The molecule has 2 aromatic carbocycles. The number of rotatable bonds is 4. The first-order valence-corrected chi connectivity index (χ1v) is 6.60. The predicted octanol–water partition coefficient (Wildman–Crippen LogP) is 2.45. The van der Waals surface area contributed by atoms with Crippen molar-refractivity contribution in [2.24, 2.45) is 0 Å². The van der Waals surface area contributed by atoms with Crippen LogP contribution in [0.4, 0.5) is 5.69 Å². The first kappa shape index (κ1) is 13.1. The molecule has 0 bridgehead atoms. The van der Waals surface area contributed by atoms with Crippen molar-refractivity contribution in [3.05, 3.63) is 72.8 Å². The van der Waals surface area contributed by atoms with Gasteiger partial charge in [-0.05, 0) is 29.8 Å². The Balaban J connectivity index is 1.64. The Morgan fingerprint density at radius 2 is 1.62 bits per heavy atom. The lowest BCUT2D eigenvalue weighted by Crippen LogP contribution is -2.14. The molecule has 0 saturated heterocycles. The summed E-state index contributed by atoms with van der Waals surface area (Å²) in [5.41, 5.74) is 2.71. The molecule has 3 rings (SSSR count). The zero-order valence-electron chi connectivity index (χ0n) is 11.3. The Labute approximate surface area is 122 Å². The molecule has 5 heteroatoms. The first-order valence-electron chi connectivity index (χ1n) is 6.60. The number of carbonyl (C=O) groups excluding carboxylic acids is 1. The van der Waals surface area contributed by atoms with Gasteiger partial charge in [-0.3, -0.25) is 9.36 Å². The van der Waals surface area contributed by atoms with Crippen molar-refractivity contribution in [2.45, 2.75) is 6.42 Å². The number of benzene rings is 2. The lowest BCUT2D eigenvalue weighted by atomic mass is 10.1. The fraction of sp³-hybridized carbons (Fsp3) is 0.0625. The van der Waals surface area contributed by atoms with Crippen LogP contribution >= 0.6 is 0 Å². The quantitative estimate of drug-likeness (QED) is 0.797. The summed E-state index contributed by atoms with van der Waals surface area (Å²) >= 11 is 0. The van der Waals surface area contributed by atoms with Crippen molar-refractivity contribution in [3.63, 3.8) is 0 Å². The van der Waals surface area contributed by atoms with Crippen LogP contribution in [0.5, 0.6) is 0 Å². The fourth-order valence-corrected chi connectivity index (χ4v) is 2.04. The number of amides is 1. The van der Waals surface area contributed by atoms with Gasteiger partial charge in [-0.15, -0.1) is 10.2 Å². The molecule has 0 fully saturated rings. The fourth-order valence-electron chi connectivity index (χ4n) is 2.04. The molecule has 0 unspecified atom stereocenters. The van der Waals surface area contributed by atoms with Gasteiger partial charge in [0.1, 0.15) is 12.7 Å². The van der Waals surface area contributed by atoms with Crippen LogP contribution in [0.2, 0.25) is 0 Å². The number of nitrogens with one attached hydrogen (secondary N) is 1. The zero-order chi connectivity index (χ0) is 14.5. The summed E-state index contributed by atoms with van der Waals surface area (Å²) in [5, 5.41) is 10.4. The standard InChI is InChI=1S/C16H14N4O/c21-16(10-13-4-2-1-3-5-13)19-14-6-8-15(9-7-14)20-11-17-18-12-20/h1-9,11-12H,10H2,(H,19,21). The molecule has 5 nitrogen and oxygen atoms in total. The van der Waals surface area contributed by atoms with Gasteiger partial charge < -0.3 is 5.32 Å². The van der Waals surface area contributed by atoms with E-state index in [1.807, 2.05) is 54.6 Å². The molecule has 0 aliphatic carbocycles. The summed E-state index contributed by atoms with van der Waals surface area (Å²) in [4.78, 5) is 12.0. The van der Waals surface area contributed by atoms with Crippen LogP contribution < -0.4 is 5.32 Å². The second-order valence-electron chi connectivity index (χ2n) is 4.63. The van der Waals surface area contributed by atoms with E-state index < -0.39 is 0 Å². The number of nitrogens with zero attached hydrogens (tertiary/aromatic N) is 3. The van der Waals surface area contributed by atoms with E-state index in [0.29, 0.717) is 6.42 Å². The molecule has 3 aromatic rings. The molecule has 0 saturated carbocycles. The van der Waals surface area contributed by atoms with Crippen molar-refractivity contribution < 1.29 is 4.79 Å². The number of hydrogen-bond acceptors (Lipinski definition) is 3. The predicted molar refractivity (Wildman–Crippen MR) is 80.1 cm³/mol. The highest BCUT2D eigenvalue weighted by Crippen LogP contribution is 2.13. The average Bonchev–Trinajstić information content (AvgIpc) is 3.03. The van der Waals surface area contributed by atoms with E-state index in [9.17, 15) is 4.79 Å². The molecule has 0 radical (unpaired) electrons. The molecule has 0 aliphatic heterocycles. The van der Waals surface area contributed by atoms with Gasteiger partial charge in [-0.25, -0.2) is 0 Å². The van der Waals surface area contributed by atoms with Crippen LogP contribution in [0.1, 0.15) is 5.56 Å². The normalized spacial score (nSPS) is 10.3. The van der Waals surface area contributed by atoms with Gasteiger partial charge in [0.15, 0.2) is 0 Å². The Hall–Kier alpha value is -2.95. The van der Waals surface area contributed by atoms with Crippen LogP contribution in [0, 0.1) is 0 Å². The minimum absolute atomic E-state index is 0.0294. The van der Waals surface area contributed by atoms with Crippen LogP contribution in [-0.4, -0.2) is 20.7 Å². The molecule has 1 heterocycles. The minimum Gasteiger partial charge on any atom is -0.326 e. The maximum Gasteiger partial charge on any atom is 0.228 e. The molecule has 0 aliphatic rings. The third-order valence-corrected chi connectivity index (χ3v) is 3.08. The van der Waals surface area contributed by atoms with Gasteiger partial charge in [-0.1, -0.05) is 30.3 Å². The molecule has 104 valence electrons. The molecule has 0 atom stereocenters. The van der Waals surface area contributed by atoms with Gasteiger partial charge in [0, 0.05) is 11.4 Å². The van der Waals surface area contributed by atoms with E-state index in [1.54, 1.807) is 17.2 Å². The monoisotopic (exact) mass is 278 g/mol. The van der Waals surface area contributed by atoms with E-state index in [0.717, 1.165) is 16.9 Å². The summed E-state index contributed by atoms with van der Waals surface area (Å²) in [6, 6.07) is 17.2. The smallest absolute Gasteiger partial charge is 0.228 e. The van der Waals surface area contributed by atoms with Gasteiger partial charge in [-0.2, -0.15) is 0 Å². The van der Waals surface area contributed by atoms with Crippen LogP contribution in [0.15, 0.2) is 67.3 Å². The molecular formula is C16H14N4O. The largest absolute Gasteiger partial charge is 0.326 e. The maximum atomic E-state index is 12.0. The third kappa shape index (κ3) is 3.33. The van der Waals surface area contributed by atoms with Crippen LogP contribution in [0.25, 0.3) is 5.69 Å². The van der Waals surface area contributed by atoms with Gasteiger partial charge in [0.2, 0.25) is 5.91 Å². The first-order chi connectivity index (χ1) is 10.3. The highest BCUT2D eigenvalue weighted by molar-refractivity contribution is 5.92. The second kappa shape index (κ2) is 6.00. The summed E-state index contributed by atoms with van der Waals surface area (Å²) in [6.45, 7) is 0. The van der Waals surface area contributed by atoms with E-state index in [1.165, 1.54) is 0 Å². The van der Waals surface area contributed by atoms with E-state index in [4.69, 9.17) is 0 Å². The molecule has 1 aromatic heterocycles. The topological polar surface area (TPSA) is 59.8 Å². The molecule has 21 heavy (non-hydrogen) atoms. The van der Waals surface area contributed by atoms with Crippen LogP contribution in [-0.2, 0) is 11.2 Å². The van der Waals surface area contributed by atoms with Gasteiger partial charge in [0.25, 0.3) is 0 Å². The lowest BCUT2D eigenvalue weighted by molar-refractivity contribution is -0.115. The Bertz CT molecular complexity index is 706.